The molecule has 1 aliphatic rings. The van der Waals surface area contributed by atoms with Crippen LogP contribution in [0.25, 0.3) is 0 Å². The van der Waals surface area contributed by atoms with Crippen molar-refractivity contribution in [3.63, 3.8) is 0 Å². The lowest BCUT2D eigenvalue weighted by molar-refractivity contribution is -0.127. The van der Waals surface area contributed by atoms with Crippen molar-refractivity contribution in [3.05, 3.63) is 0 Å². The number of carbonyl (C=O) groups excluding carboxylic acids is 2. The SMILES string of the molecule is CCCC(N)C(=O)NCCCNC(=O)C1CCC1. The fraction of sp³-hybridized carbons (Fsp3) is 0.846. The van der Waals surface area contributed by atoms with Gasteiger partial charge in [0.25, 0.3) is 0 Å². The van der Waals surface area contributed by atoms with E-state index in [1.54, 1.807) is 0 Å². The summed E-state index contributed by atoms with van der Waals surface area (Å²) in [6.45, 7) is 3.20. The molecule has 0 radical (unpaired) electrons. The third kappa shape index (κ3) is 5.04. The molecule has 0 aromatic rings. The Balaban J connectivity index is 1.97. The van der Waals surface area contributed by atoms with E-state index in [1.807, 2.05) is 6.92 Å². The summed E-state index contributed by atoms with van der Waals surface area (Å²) in [5, 5.41) is 5.67. The average molecular weight is 255 g/mol. The molecule has 0 spiro atoms. The standard InChI is InChI=1S/C13H25N3O2/c1-2-5-11(14)13(18)16-9-4-8-15-12(17)10-6-3-7-10/h10-11H,2-9,14H2,1H3,(H,15,17)(H,16,18). The lowest BCUT2D eigenvalue weighted by Crippen LogP contribution is -2.41. The summed E-state index contributed by atoms with van der Waals surface area (Å²) in [7, 11) is 0. The summed E-state index contributed by atoms with van der Waals surface area (Å²) < 4.78 is 0. The molecule has 2 amide bonds. The van der Waals surface area contributed by atoms with Crippen LogP contribution >= 0.6 is 0 Å². The van der Waals surface area contributed by atoms with Gasteiger partial charge in [0.2, 0.25) is 11.8 Å². The van der Waals surface area contributed by atoms with Gasteiger partial charge in [-0.3, -0.25) is 9.59 Å². The molecule has 0 bridgehead atoms. The third-order valence-electron chi connectivity index (χ3n) is 3.36. The molecule has 0 aliphatic heterocycles. The van der Waals surface area contributed by atoms with Crippen molar-refractivity contribution in [2.45, 2.75) is 51.5 Å². The molecule has 0 heterocycles. The molecule has 1 atom stereocenters. The Morgan fingerprint density at radius 3 is 2.50 bits per heavy atom. The molecular weight excluding hydrogens is 230 g/mol. The minimum Gasteiger partial charge on any atom is -0.356 e. The number of hydrogen-bond donors (Lipinski definition) is 3. The van der Waals surface area contributed by atoms with Gasteiger partial charge in [0, 0.05) is 19.0 Å². The number of rotatable bonds is 8. The van der Waals surface area contributed by atoms with E-state index in [-0.39, 0.29) is 17.7 Å². The van der Waals surface area contributed by atoms with Crippen LogP contribution in [-0.2, 0) is 9.59 Å². The molecule has 1 fully saturated rings. The van der Waals surface area contributed by atoms with Crippen LogP contribution in [0.15, 0.2) is 0 Å². The van der Waals surface area contributed by atoms with Crippen molar-refractivity contribution in [3.8, 4) is 0 Å². The van der Waals surface area contributed by atoms with Gasteiger partial charge in [0.15, 0.2) is 0 Å². The van der Waals surface area contributed by atoms with Crippen molar-refractivity contribution in [2.75, 3.05) is 13.1 Å². The largest absolute Gasteiger partial charge is 0.356 e. The van der Waals surface area contributed by atoms with E-state index in [0.29, 0.717) is 19.5 Å². The van der Waals surface area contributed by atoms with Gasteiger partial charge in [-0.15, -0.1) is 0 Å². The zero-order valence-electron chi connectivity index (χ0n) is 11.2. The van der Waals surface area contributed by atoms with E-state index < -0.39 is 6.04 Å². The lowest BCUT2D eigenvalue weighted by atomic mass is 9.85. The topological polar surface area (TPSA) is 84.2 Å². The number of nitrogens with one attached hydrogen (secondary N) is 2. The summed E-state index contributed by atoms with van der Waals surface area (Å²) in [6, 6.07) is -0.403. The van der Waals surface area contributed by atoms with Crippen LogP contribution in [0.3, 0.4) is 0 Å². The second-order valence-corrected chi connectivity index (χ2v) is 4.96. The molecule has 4 N–H and O–H groups in total. The first-order chi connectivity index (χ1) is 8.65. The smallest absolute Gasteiger partial charge is 0.236 e. The fourth-order valence-corrected chi connectivity index (χ4v) is 1.90. The molecule has 0 saturated heterocycles. The molecule has 5 nitrogen and oxygen atoms in total. The van der Waals surface area contributed by atoms with Crippen LogP contribution in [-0.4, -0.2) is 30.9 Å². The quantitative estimate of drug-likeness (QED) is 0.553. The van der Waals surface area contributed by atoms with Gasteiger partial charge in [-0.05, 0) is 25.7 Å². The predicted octanol–water partition coefficient (Wildman–Crippen LogP) is 0.536. The zero-order valence-corrected chi connectivity index (χ0v) is 11.2. The molecule has 1 saturated carbocycles. The van der Waals surface area contributed by atoms with Gasteiger partial charge in [-0.1, -0.05) is 19.8 Å². The summed E-state index contributed by atoms with van der Waals surface area (Å²) in [5.41, 5.74) is 5.67. The van der Waals surface area contributed by atoms with Crippen LogP contribution in [0, 0.1) is 5.92 Å². The van der Waals surface area contributed by atoms with Gasteiger partial charge < -0.3 is 16.4 Å². The van der Waals surface area contributed by atoms with Crippen LogP contribution in [0.5, 0.6) is 0 Å². The van der Waals surface area contributed by atoms with Gasteiger partial charge in [0.05, 0.1) is 6.04 Å². The number of nitrogens with two attached hydrogens (primary N) is 1. The van der Waals surface area contributed by atoms with E-state index in [1.165, 1.54) is 6.42 Å². The highest BCUT2D eigenvalue weighted by Gasteiger charge is 2.24. The number of hydrogen-bond acceptors (Lipinski definition) is 3. The summed E-state index contributed by atoms with van der Waals surface area (Å²) >= 11 is 0. The van der Waals surface area contributed by atoms with Crippen LogP contribution in [0.2, 0.25) is 0 Å². The highest BCUT2D eigenvalue weighted by molar-refractivity contribution is 5.81. The Hall–Kier alpha value is -1.10. The maximum Gasteiger partial charge on any atom is 0.236 e. The van der Waals surface area contributed by atoms with Gasteiger partial charge >= 0.3 is 0 Å². The highest BCUT2D eigenvalue weighted by Crippen LogP contribution is 2.25. The first-order valence-corrected chi connectivity index (χ1v) is 6.96. The van der Waals surface area contributed by atoms with Crippen molar-refractivity contribution < 1.29 is 9.59 Å². The van der Waals surface area contributed by atoms with Gasteiger partial charge in [0.1, 0.15) is 0 Å². The fourth-order valence-electron chi connectivity index (χ4n) is 1.90. The summed E-state index contributed by atoms with van der Waals surface area (Å²) in [4.78, 5) is 23.0. The van der Waals surface area contributed by atoms with Crippen molar-refractivity contribution in [1.29, 1.82) is 0 Å². The Morgan fingerprint density at radius 1 is 1.28 bits per heavy atom. The van der Waals surface area contributed by atoms with E-state index in [0.717, 1.165) is 25.7 Å². The molecule has 1 rings (SSSR count). The predicted molar refractivity (Wildman–Crippen MR) is 70.9 cm³/mol. The Kier molecular flexibility index (Phi) is 6.72. The molecular formula is C13H25N3O2. The van der Waals surface area contributed by atoms with Crippen LogP contribution in [0.1, 0.15) is 45.4 Å². The van der Waals surface area contributed by atoms with Crippen LogP contribution in [0.4, 0.5) is 0 Å². The minimum atomic E-state index is -0.403. The van der Waals surface area contributed by atoms with E-state index in [4.69, 9.17) is 5.73 Å². The first-order valence-electron chi connectivity index (χ1n) is 6.96. The van der Waals surface area contributed by atoms with Crippen LogP contribution < -0.4 is 16.4 Å². The molecule has 1 aliphatic carbocycles. The molecule has 18 heavy (non-hydrogen) atoms. The second kappa shape index (κ2) is 8.08. The normalized spacial score (nSPS) is 16.8. The maximum absolute atomic E-state index is 11.5. The lowest BCUT2D eigenvalue weighted by Gasteiger charge is -2.24. The second-order valence-electron chi connectivity index (χ2n) is 4.96. The molecule has 104 valence electrons. The molecule has 0 aromatic carbocycles. The maximum atomic E-state index is 11.5. The molecule has 5 heteroatoms. The van der Waals surface area contributed by atoms with Crippen molar-refractivity contribution >= 4 is 11.8 Å². The van der Waals surface area contributed by atoms with E-state index in [9.17, 15) is 9.59 Å². The monoisotopic (exact) mass is 255 g/mol. The van der Waals surface area contributed by atoms with Crippen molar-refractivity contribution in [1.82, 2.24) is 10.6 Å². The third-order valence-corrected chi connectivity index (χ3v) is 3.36. The van der Waals surface area contributed by atoms with Gasteiger partial charge in [-0.2, -0.15) is 0 Å². The summed E-state index contributed by atoms with van der Waals surface area (Å²) in [6.07, 6.45) is 5.59. The molecule has 0 aromatic heterocycles. The first kappa shape index (κ1) is 15.0. The zero-order chi connectivity index (χ0) is 13.4. The van der Waals surface area contributed by atoms with E-state index >= 15 is 0 Å². The number of amides is 2. The minimum absolute atomic E-state index is 0.0952. The highest BCUT2D eigenvalue weighted by atomic mass is 16.2. The summed E-state index contributed by atoms with van der Waals surface area (Å²) in [5.74, 6) is 0.301. The average Bonchev–Trinajstić information content (AvgIpc) is 2.26. The van der Waals surface area contributed by atoms with Crippen molar-refractivity contribution in [2.24, 2.45) is 11.7 Å². The Bertz CT molecular complexity index is 277. The Morgan fingerprint density at radius 2 is 1.94 bits per heavy atom. The Labute approximate surface area is 109 Å². The van der Waals surface area contributed by atoms with Gasteiger partial charge in [-0.25, -0.2) is 0 Å². The van der Waals surface area contributed by atoms with E-state index in [2.05, 4.69) is 10.6 Å². The molecule has 1 unspecified atom stereocenters. The number of carbonyl (C=O) groups is 2.